The third-order valence-electron chi connectivity index (χ3n) is 13.2. The molecule has 0 saturated heterocycles. The first-order chi connectivity index (χ1) is 28.8. The van der Waals surface area contributed by atoms with Gasteiger partial charge in [0.15, 0.2) is 24.1 Å². The lowest BCUT2D eigenvalue weighted by Gasteiger charge is -2.53. The van der Waals surface area contributed by atoms with Crippen molar-refractivity contribution in [1.29, 1.82) is 0 Å². The van der Waals surface area contributed by atoms with Crippen LogP contribution in [-0.4, -0.2) is 81.5 Å². The Hall–Kier alpha value is -3.40. The van der Waals surface area contributed by atoms with Crippen molar-refractivity contribution in [2.75, 3.05) is 11.5 Å². The summed E-state index contributed by atoms with van der Waals surface area (Å²) >= 11 is -1.42. The Morgan fingerprint density at radius 2 is 1.48 bits per heavy atom. The van der Waals surface area contributed by atoms with Gasteiger partial charge in [0, 0.05) is 24.7 Å². The molecule has 342 valence electrons. The summed E-state index contributed by atoms with van der Waals surface area (Å²) in [5.74, 6) is -6.43. The average molecular weight is 889 g/mol. The molecule has 0 bridgehead atoms. The second kappa shape index (κ2) is 22.8. The number of aromatic hydroxyl groups is 1. The molecule has 10 nitrogen and oxygen atoms in total. The number of rotatable bonds is 26. The Morgan fingerprint density at radius 3 is 2.11 bits per heavy atom. The van der Waals surface area contributed by atoms with E-state index in [-0.39, 0.29) is 48.4 Å². The SMILES string of the molecule is CC(CC(=O)OC(CC(=O)C=O)CC(=O)C=O)CC(=O)O[C@H]1CC[C@H]2[C@@H]3[C@H](CCCCCCCCC[S+]([O-])CCCC(F)(F)C(F)(F)F)Cc4cc(O)ccc4[C@H]3CC[C@]12C. The maximum absolute atomic E-state index is 13.3. The standard InChI is InChI=1S/C45H61F5O10S/c1-29(21-40(56)59-35(25-33(54)27-51)26-34(55)28-52)22-41(57)60-39-15-14-38-42-30(23-31-24-32(53)12-13-36(31)37(42)16-18-43(38,39)2)11-8-6-4-3-5-7-9-19-61(58)20-10-17-44(46,47)45(48,49)50/h12-13,24,27-30,35,37-39,42,53H,3-11,14-23,25-26H2,1-2H3/t29?,30-,37-,38+,39+,42-,43+,61?/m1/s1. The number of alkyl halides is 5. The summed E-state index contributed by atoms with van der Waals surface area (Å²) in [6, 6.07) is 5.71. The van der Waals surface area contributed by atoms with Crippen molar-refractivity contribution in [3.8, 4) is 5.75 Å². The van der Waals surface area contributed by atoms with Crippen molar-refractivity contribution in [1.82, 2.24) is 0 Å². The third-order valence-corrected chi connectivity index (χ3v) is 14.7. The molecule has 2 unspecified atom stereocenters. The number of carbonyl (C=O) groups is 6. The molecule has 61 heavy (non-hydrogen) atoms. The van der Waals surface area contributed by atoms with E-state index in [2.05, 4.69) is 13.0 Å². The second-order valence-corrected chi connectivity index (χ2v) is 19.6. The molecule has 0 heterocycles. The molecule has 0 amide bonds. The van der Waals surface area contributed by atoms with Gasteiger partial charge in [0.25, 0.3) is 0 Å². The second-order valence-electron chi connectivity index (χ2n) is 17.9. The maximum Gasteiger partial charge on any atom is 0.453 e. The largest absolute Gasteiger partial charge is 0.616 e. The number of hydrogen-bond acceptors (Lipinski definition) is 10. The predicted octanol–water partition coefficient (Wildman–Crippen LogP) is 8.88. The molecular formula is C45H61F5O10S. The minimum atomic E-state index is -5.59. The summed E-state index contributed by atoms with van der Waals surface area (Å²) in [5, 5.41) is 10.4. The fourth-order valence-corrected chi connectivity index (χ4v) is 11.4. The summed E-state index contributed by atoms with van der Waals surface area (Å²) in [4.78, 5) is 70.8. The number of halogens is 5. The highest BCUT2D eigenvalue weighted by Crippen LogP contribution is 2.63. The van der Waals surface area contributed by atoms with Crippen molar-refractivity contribution < 1.29 is 69.9 Å². The van der Waals surface area contributed by atoms with Crippen molar-refractivity contribution in [3.05, 3.63) is 29.3 Å². The van der Waals surface area contributed by atoms with Gasteiger partial charge in [0.2, 0.25) is 0 Å². The van der Waals surface area contributed by atoms with Gasteiger partial charge in [0.05, 0.1) is 12.8 Å². The van der Waals surface area contributed by atoms with Crippen LogP contribution in [0.25, 0.3) is 0 Å². The molecule has 1 aromatic rings. The lowest BCUT2D eigenvalue weighted by Crippen LogP contribution is -2.48. The van der Waals surface area contributed by atoms with Crippen molar-refractivity contribution in [2.45, 2.75) is 166 Å². The molecule has 4 rings (SSSR count). The Balaban J connectivity index is 1.25. The number of phenols is 1. The highest BCUT2D eigenvalue weighted by molar-refractivity contribution is 7.91. The van der Waals surface area contributed by atoms with E-state index in [1.54, 1.807) is 13.0 Å². The van der Waals surface area contributed by atoms with Gasteiger partial charge in [-0.05, 0) is 111 Å². The number of carbonyl (C=O) groups excluding carboxylic acids is 6. The Morgan fingerprint density at radius 1 is 0.869 bits per heavy atom. The highest BCUT2D eigenvalue weighted by Gasteiger charge is 2.58. The molecule has 0 aromatic heterocycles. The number of aldehydes is 2. The average Bonchev–Trinajstić information content (AvgIpc) is 3.50. The molecule has 8 atom stereocenters. The third kappa shape index (κ3) is 14.3. The normalized spacial score (nSPS) is 24.5. The van der Waals surface area contributed by atoms with E-state index in [1.165, 1.54) is 11.1 Å². The summed E-state index contributed by atoms with van der Waals surface area (Å²) < 4.78 is 86.7. The van der Waals surface area contributed by atoms with Crippen LogP contribution in [0.1, 0.15) is 146 Å². The van der Waals surface area contributed by atoms with Gasteiger partial charge in [-0.2, -0.15) is 22.0 Å². The van der Waals surface area contributed by atoms with E-state index in [4.69, 9.17) is 9.47 Å². The molecule has 1 N–H and O–H groups in total. The smallest absolute Gasteiger partial charge is 0.453 e. The van der Waals surface area contributed by atoms with Crippen LogP contribution < -0.4 is 0 Å². The van der Waals surface area contributed by atoms with E-state index >= 15 is 0 Å². The van der Waals surface area contributed by atoms with Crippen LogP contribution in [0.4, 0.5) is 22.0 Å². The van der Waals surface area contributed by atoms with Crippen LogP contribution >= 0.6 is 0 Å². The predicted molar refractivity (Wildman–Crippen MR) is 216 cm³/mol. The van der Waals surface area contributed by atoms with Crippen LogP contribution in [0, 0.1) is 29.1 Å². The lowest BCUT2D eigenvalue weighted by atomic mass is 9.52. The molecular weight excluding hydrogens is 828 g/mol. The van der Waals surface area contributed by atoms with Gasteiger partial charge < -0.3 is 19.1 Å². The Labute approximate surface area is 358 Å². The summed E-state index contributed by atoms with van der Waals surface area (Å²) in [7, 11) is 0. The highest BCUT2D eigenvalue weighted by atomic mass is 32.2. The molecule has 0 radical (unpaired) electrons. The van der Waals surface area contributed by atoms with Crippen molar-refractivity contribution in [2.24, 2.45) is 29.1 Å². The molecule has 3 aliphatic rings. The van der Waals surface area contributed by atoms with Gasteiger partial charge in [-0.15, -0.1) is 0 Å². The first-order valence-electron chi connectivity index (χ1n) is 21.7. The number of hydrogen-bond donors (Lipinski definition) is 1. The quantitative estimate of drug-likeness (QED) is 0.0237. The van der Waals surface area contributed by atoms with Gasteiger partial charge in [-0.1, -0.05) is 63.2 Å². The fourth-order valence-electron chi connectivity index (χ4n) is 10.2. The van der Waals surface area contributed by atoms with Gasteiger partial charge in [0.1, 0.15) is 29.5 Å². The number of unbranched alkanes of at least 4 members (excludes halogenated alkanes) is 6. The van der Waals surface area contributed by atoms with E-state index in [1.807, 2.05) is 6.07 Å². The summed E-state index contributed by atoms with van der Waals surface area (Å²) in [6.45, 7) is 3.92. The van der Waals surface area contributed by atoms with E-state index in [9.17, 15) is 60.4 Å². The number of ether oxygens (including phenoxy) is 2. The number of fused-ring (bicyclic) bond motifs is 5. The number of phenolic OH excluding ortho intramolecular Hbond substituents is 1. The zero-order valence-electron chi connectivity index (χ0n) is 35.2. The molecule has 2 fully saturated rings. The Bertz CT molecular complexity index is 1650. The topological polar surface area (TPSA) is 164 Å². The van der Waals surface area contributed by atoms with E-state index in [0.717, 1.165) is 77.0 Å². The molecule has 1 aromatic carbocycles. The van der Waals surface area contributed by atoms with E-state index < -0.39 is 84.5 Å². The van der Waals surface area contributed by atoms with Gasteiger partial charge in [-0.3, -0.25) is 28.8 Å². The molecule has 2 saturated carbocycles. The number of esters is 2. The molecule has 0 spiro atoms. The number of ketones is 2. The van der Waals surface area contributed by atoms with E-state index in [0.29, 0.717) is 35.8 Å². The van der Waals surface area contributed by atoms with Crippen LogP contribution in [0.15, 0.2) is 18.2 Å². The first kappa shape index (κ1) is 50.2. The zero-order valence-corrected chi connectivity index (χ0v) is 36.0. The van der Waals surface area contributed by atoms with Crippen LogP contribution in [0.2, 0.25) is 0 Å². The monoisotopic (exact) mass is 888 g/mol. The van der Waals surface area contributed by atoms with Gasteiger partial charge in [-0.25, -0.2) is 0 Å². The molecule has 3 aliphatic carbocycles. The zero-order chi connectivity index (χ0) is 45.0. The Kier molecular flexibility index (Phi) is 18.8. The van der Waals surface area contributed by atoms with Crippen LogP contribution in [-0.2, 0) is 55.8 Å². The maximum atomic E-state index is 13.3. The minimum absolute atomic E-state index is 0.0528. The van der Waals surface area contributed by atoms with Gasteiger partial charge >= 0.3 is 24.0 Å². The lowest BCUT2D eigenvalue weighted by molar-refractivity contribution is -0.284. The van der Waals surface area contributed by atoms with Crippen molar-refractivity contribution in [3.63, 3.8) is 0 Å². The number of benzene rings is 1. The van der Waals surface area contributed by atoms with Crippen LogP contribution in [0.3, 0.4) is 0 Å². The summed E-state index contributed by atoms with van der Waals surface area (Å²) in [5.41, 5.74) is 2.23. The van der Waals surface area contributed by atoms with Crippen LogP contribution in [0.5, 0.6) is 5.75 Å². The summed E-state index contributed by atoms with van der Waals surface area (Å²) in [6.07, 6.45) is 1.58. The first-order valence-corrected chi connectivity index (χ1v) is 23.2. The molecule has 0 aliphatic heterocycles. The molecule has 16 heteroatoms. The number of Topliss-reactive ketones (excluding diaryl/α,β-unsaturated/α-hetero) is 2. The fraction of sp³-hybridized carbons (Fsp3) is 0.733. The minimum Gasteiger partial charge on any atom is -0.616 e. The van der Waals surface area contributed by atoms with Crippen molar-refractivity contribution >= 4 is 47.3 Å².